The van der Waals surface area contributed by atoms with E-state index in [0.717, 1.165) is 20.3 Å². The molecule has 84 valence electrons. The SMILES string of the molecule is CSc1nnc(C)n1N=Cc1cc(Br)cs1. The Kier molecular flexibility index (Phi) is 3.78. The van der Waals surface area contributed by atoms with Crippen LogP contribution < -0.4 is 0 Å². The fourth-order valence-electron chi connectivity index (χ4n) is 1.11. The quantitative estimate of drug-likeness (QED) is 0.645. The first-order chi connectivity index (χ1) is 7.70. The lowest BCUT2D eigenvalue weighted by Crippen LogP contribution is -1.94. The number of hydrogen-bond donors (Lipinski definition) is 0. The number of rotatable bonds is 3. The van der Waals surface area contributed by atoms with E-state index in [4.69, 9.17) is 0 Å². The van der Waals surface area contributed by atoms with Crippen molar-refractivity contribution in [3.8, 4) is 0 Å². The van der Waals surface area contributed by atoms with Crippen molar-refractivity contribution in [3.05, 3.63) is 26.6 Å². The van der Waals surface area contributed by atoms with Gasteiger partial charge in [0.05, 0.1) is 6.21 Å². The van der Waals surface area contributed by atoms with Crippen LogP contribution in [0.5, 0.6) is 0 Å². The number of aryl methyl sites for hydroxylation is 1. The summed E-state index contributed by atoms with van der Waals surface area (Å²) in [5, 5.41) is 15.2. The zero-order valence-electron chi connectivity index (χ0n) is 8.72. The first-order valence-electron chi connectivity index (χ1n) is 4.45. The van der Waals surface area contributed by atoms with Gasteiger partial charge in [-0.25, -0.2) is 0 Å². The molecule has 0 aliphatic heterocycles. The molecule has 2 aromatic rings. The maximum atomic E-state index is 4.36. The van der Waals surface area contributed by atoms with Gasteiger partial charge in [-0.1, -0.05) is 11.8 Å². The van der Waals surface area contributed by atoms with Crippen LogP contribution in [0.2, 0.25) is 0 Å². The fourth-order valence-corrected chi connectivity index (χ4v) is 2.88. The summed E-state index contributed by atoms with van der Waals surface area (Å²) in [7, 11) is 0. The van der Waals surface area contributed by atoms with Gasteiger partial charge in [-0.15, -0.1) is 21.5 Å². The molecule has 16 heavy (non-hydrogen) atoms. The monoisotopic (exact) mass is 316 g/mol. The van der Waals surface area contributed by atoms with Gasteiger partial charge in [0.25, 0.3) is 0 Å². The van der Waals surface area contributed by atoms with Gasteiger partial charge in [0.15, 0.2) is 5.82 Å². The number of thiophene rings is 1. The maximum Gasteiger partial charge on any atom is 0.211 e. The van der Waals surface area contributed by atoms with Gasteiger partial charge in [0.1, 0.15) is 0 Å². The minimum Gasteiger partial charge on any atom is -0.192 e. The van der Waals surface area contributed by atoms with Crippen LogP contribution in [-0.4, -0.2) is 27.3 Å². The summed E-state index contributed by atoms with van der Waals surface area (Å²) in [6.45, 7) is 1.88. The van der Waals surface area contributed by atoms with Crippen molar-refractivity contribution < 1.29 is 0 Å². The van der Waals surface area contributed by atoms with E-state index in [1.54, 1.807) is 16.0 Å². The van der Waals surface area contributed by atoms with Crippen molar-refractivity contribution in [2.75, 3.05) is 6.26 Å². The van der Waals surface area contributed by atoms with Crippen molar-refractivity contribution in [2.45, 2.75) is 12.1 Å². The Morgan fingerprint density at radius 2 is 2.38 bits per heavy atom. The van der Waals surface area contributed by atoms with E-state index in [0.29, 0.717) is 0 Å². The molecule has 0 saturated carbocycles. The minimum absolute atomic E-state index is 0.788. The Labute approximate surface area is 110 Å². The first kappa shape index (κ1) is 11.8. The Morgan fingerprint density at radius 3 is 3.00 bits per heavy atom. The molecule has 2 aromatic heterocycles. The third-order valence-corrected chi connectivity index (χ3v) is 4.09. The van der Waals surface area contributed by atoms with Crippen LogP contribution in [0.15, 0.2) is 26.2 Å². The predicted molar refractivity (Wildman–Crippen MR) is 71.6 cm³/mol. The molecule has 0 radical (unpaired) electrons. The van der Waals surface area contributed by atoms with Crippen LogP contribution in [0, 0.1) is 6.92 Å². The molecule has 0 saturated heterocycles. The largest absolute Gasteiger partial charge is 0.211 e. The normalized spacial score (nSPS) is 11.4. The third-order valence-electron chi connectivity index (χ3n) is 1.84. The van der Waals surface area contributed by atoms with E-state index in [1.165, 1.54) is 11.8 Å². The number of hydrogen-bond acceptors (Lipinski definition) is 5. The van der Waals surface area contributed by atoms with Crippen LogP contribution in [-0.2, 0) is 0 Å². The van der Waals surface area contributed by atoms with E-state index in [1.807, 2.05) is 30.8 Å². The topological polar surface area (TPSA) is 43.1 Å². The smallest absolute Gasteiger partial charge is 0.192 e. The van der Waals surface area contributed by atoms with Gasteiger partial charge in [0.2, 0.25) is 5.16 Å². The molecule has 0 N–H and O–H groups in total. The molecule has 0 aromatic carbocycles. The summed E-state index contributed by atoms with van der Waals surface area (Å²) in [6.07, 6.45) is 3.77. The van der Waals surface area contributed by atoms with Gasteiger partial charge in [-0.2, -0.15) is 9.78 Å². The van der Waals surface area contributed by atoms with Crippen molar-refractivity contribution in [2.24, 2.45) is 5.10 Å². The molecule has 0 amide bonds. The molecular formula is C9H9BrN4S2. The molecule has 0 aliphatic carbocycles. The van der Waals surface area contributed by atoms with Crippen molar-refractivity contribution in [3.63, 3.8) is 0 Å². The zero-order chi connectivity index (χ0) is 11.5. The average molecular weight is 317 g/mol. The number of halogens is 1. The molecule has 0 aliphatic rings. The Morgan fingerprint density at radius 1 is 1.56 bits per heavy atom. The molecule has 2 rings (SSSR count). The highest BCUT2D eigenvalue weighted by atomic mass is 79.9. The number of aromatic nitrogens is 3. The zero-order valence-corrected chi connectivity index (χ0v) is 11.9. The molecule has 0 spiro atoms. The van der Waals surface area contributed by atoms with Crippen molar-refractivity contribution in [1.29, 1.82) is 0 Å². The maximum absolute atomic E-state index is 4.36. The second-order valence-electron chi connectivity index (χ2n) is 2.96. The summed E-state index contributed by atoms with van der Waals surface area (Å²) in [6, 6.07) is 2.02. The van der Waals surface area contributed by atoms with E-state index in [2.05, 4.69) is 31.2 Å². The van der Waals surface area contributed by atoms with Gasteiger partial charge in [-0.3, -0.25) is 0 Å². The highest BCUT2D eigenvalue weighted by Crippen LogP contribution is 2.18. The standard InChI is InChI=1S/C9H9BrN4S2/c1-6-12-13-9(15-2)14(6)11-4-8-3-7(10)5-16-8/h3-5H,1-2H3. The first-order valence-corrected chi connectivity index (χ1v) is 7.35. The van der Waals surface area contributed by atoms with E-state index in [9.17, 15) is 0 Å². The third kappa shape index (κ3) is 2.53. The summed E-state index contributed by atoms with van der Waals surface area (Å²) >= 11 is 6.57. The number of thioether (sulfide) groups is 1. The van der Waals surface area contributed by atoms with Crippen LogP contribution >= 0.6 is 39.0 Å². The second-order valence-corrected chi connectivity index (χ2v) is 5.59. The molecule has 0 fully saturated rings. The lowest BCUT2D eigenvalue weighted by Gasteiger charge is -1.97. The van der Waals surface area contributed by atoms with Gasteiger partial charge in [0, 0.05) is 14.7 Å². The van der Waals surface area contributed by atoms with Gasteiger partial charge < -0.3 is 0 Å². The molecule has 0 bridgehead atoms. The summed E-state index contributed by atoms with van der Waals surface area (Å²) in [5.41, 5.74) is 0. The molecule has 7 heteroatoms. The Bertz CT molecular complexity index is 517. The fraction of sp³-hybridized carbons (Fsp3) is 0.222. The molecule has 0 atom stereocenters. The molecular weight excluding hydrogens is 308 g/mol. The highest BCUT2D eigenvalue weighted by Gasteiger charge is 2.05. The molecule has 2 heterocycles. The average Bonchev–Trinajstić information content (AvgIpc) is 2.82. The summed E-state index contributed by atoms with van der Waals surface area (Å²) < 4.78 is 2.81. The van der Waals surface area contributed by atoms with Crippen molar-refractivity contribution in [1.82, 2.24) is 14.9 Å². The van der Waals surface area contributed by atoms with E-state index < -0.39 is 0 Å². The highest BCUT2D eigenvalue weighted by molar-refractivity contribution is 9.10. The van der Waals surface area contributed by atoms with Crippen LogP contribution in [0.3, 0.4) is 0 Å². The van der Waals surface area contributed by atoms with Crippen LogP contribution in [0.4, 0.5) is 0 Å². The predicted octanol–water partition coefficient (Wildman–Crippen LogP) is 3.01. The Hall–Kier alpha value is -0.660. The Balaban J connectivity index is 2.26. The summed E-state index contributed by atoms with van der Waals surface area (Å²) in [4.78, 5) is 1.09. The lowest BCUT2D eigenvalue weighted by atomic mass is 10.5. The van der Waals surface area contributed by atoms with Crippen molar-refractivity contribution >= 4 is 45.2 Å². The van der Waals surface area contributed by atoms with Crippen LogP contribution in [0.25, 0.3) is 0 Å². The second kappa shape index (κ2) is 5.11. The van der Waals surface area contributed by atoms with E-state index >= 15 is 0 Å². The summed E-state index contributed by atoms with van der Waals surface area (Å²) in [5.74, 6) is 0.788. The van der Waals surface area contributed by atoms with Gasteiger partial charge >= 0.3 is 0 Å². The molecule has 0 unspecified atom stereocenters. The van der Waals surface area contributed by atoms with Gasteiger partial charge in [-0.05, 0) is 35.2 Å². The minimum atomic E-state index is 0.788. The lowest BCUT2D eigenvalue weighted by molar-refractivity contribution is 0.745. The van der Waals surface area contributed by atoms with Crippen LogP contribution in [0.1, 0.15) is 10.7 Å². The number of nitrogens with zero attached hydrogens (tertiary/aromatic N) is 4. The van der Waals surface area contributed by atoms with E-state index in [-0.39, 0.29) is 0 Å². The molecule has 4 nitrogen and oxygen atoms in total.